The van der Waals surface area contributed by atoms with Gasteiger partial charge in [-0.2, -0.15) is 0 Å². The fourth-order valence-electron chi connectivity index (χ4n) is 3.16. The van der Waals surface area contributed by atoms with Crippen molar-refractivity contribution < 1.29 is 23.0 Å². The van der Waals surface area contributed by atoms with Crippen LogP contribution >= 0.6 is 0 Å². The molecule has 0 atom stereocenters. The fraction of sp³-hybridized carbons (Fsp3) is 0.409. The molecular formula is C22H25F2NO3. The number of carbonyl (C=O) groups is 1. The number of para-hydroxylation sites is 1. The van der Waals surface area contributed by atoms with Crippen LogP contribution in [-0.4, -0.2) is 32.3 Å². The topological polar surface area (TPSA) is 38.8 Å². The number of benzene rings is 2. The van der Waals surface area contributed by atoms with E-state index in [-0.39, 0.29) is 19.0 Å². The van der Waals surface area contributed by atoms with E-state index in [1.54, 1.807) is 6.92 Å². The molecule has 0 radical (unpaired) electrons. The molecule has 1 aliphatic rings. The molecule has 0 aliphatic heterocycles. The van der Waals surface area contributed by atoms with E-state index in [2.05, 4.69) is 4.90 Å². The van der Waals surface area contributed by atoms with Crippen LogP contribution in [0.1, 0.15) is 32.6 Å². The standard InChI is InChI=1S/C22H25F2NO3/c1-3-27-21(26)9-6-12-28-22-18(23)13-15(14-19(22)24)17-7-4-5-8-20(17)25(2)16-10-11-16/h4-5,7-8,13-14,16H,3,6,9-12H2,1-2H3. The average molecular weight is 389 g/mol. The largest absolute Gasteiger partial charge is 0.488 e. The van der Waals surface area contributed by atoms with Gasteiger partial charge in [0, 0.05) is 30.8 Å². The first-order chi connectivity index (χ1) is 13.5. The Morgan fingerprint density at radius 3 is 2.50 bits per heavy atom. The molecule has 0 unspecified atom stereocenters. The van der Waals surface area contributed by atoms with E-state index < -0.39 is 17.4 Å². The molecule has 0 N–H and O–H groups in total. The number of hydrogen-bond acceptors (Lipinski definition) is 4. The monoisotopic (exact) mass is 389 g/mol. The van der Waals surface area contributed by atoms with Gasteiger partial charge in [0.15, 0.2) is 17.4 Å². The van der Waals surface area contributed by atoms with Gasteiger partial charge in [-0.25, -0.2) is 8.78 Å². The minimum Gasteiger partial charge on any atom is -0.488 e. The van der Waals surface area contributed by atoms with E-state index in [1.807, 2.05) is 31.3 Å². The van der Waals surface area contributed by atoms with Crippen molar-refractivity contribution in [2.24, 2.45) is 0 Å². The van der Waals surface area contributed by atoms with E-state index in [9.17, 15) is 13.6 Å². The fourth-order valence-corrected chi connectivity index (χ4v) is 3.16. The number of carbonyl (C=O) groups excluding carboxylic acids is 1. The zero-order valence-corrected chi connectivity index (χ0v) is 16.2. The first-order valence-electron chi connectivity index (χ1n) is 9.61. The zero-order chi connectivity index (χ0) is 20.1. The van der Waals surface area contributed by atoms with Crippen molar-refractivity contribution in [3.05, 3.63) is 48.0 Å². The van der Waals surface area contributed by atoms with Crippen LogP contribution in [-0.2, 0) is 9.53 Å². The van der Waals surface area contributed by atoms with Crippen LogP contribution in [0.4, 0.5) is 14.5 Å². The second-order valence-electron chi connectivity index (χ2n) is 6.89. The summed E-state index contributed by atoms with van der Waals surface area (Å²) < 4.78 is 39.1. The lowest BCUT2D eigenvalue weighted by Gasteiger charge is -2.22. The number of nitrogens with zero attached hydrogens (tertiary/aromatic N) is 1. The maximum absolute atomic E-state index is 14.5. The highest BCUT2D eigenvalue weighted by Crippen LogP contribution is 2.38. The van der Waals surface area contributed by atoms with Crippen molar-refractivity contribution in [1.82, 2.24) is 0 Å². The molecule has 0 bridgehead atoms. The predicted octanol–water partition coefficient (Wildman–Crippen LogP) is 4.95. The lowest BCUT2D eigenvalue weighted by Crippen LogP contribution is -2.20. The van der Waals surface area contributed by atoms with Gasteiger partial charge in [0.05, 0.1) is 13.2 Å². The van der Waals surface area contributed by atoms with Gasteiger partial charge in [0.2, 0.25) is 0 Å². The van der Waals surface area contributed by atoms with Crippen molar-refractivity contribution in [3.63, 3.8) is 0 Å². The molecule has 6 heteroatoms. The molecule has 1 saturated carbocycles. The normalized spacial score (nSPS) is 13.3. The highest BCUT2D eigenvalue weighted by Gasteiger charge is 2.28. The van der Waals surface area contributed by atoms with Crippen LogP contribution in [0.3, 0.4) is 0 Å². The van der Waals surface area contributed by atoms with Gasteiger partial charge in [-0.1, -0.05) is 18.2 Å². The van der Waals surface area contributed by atoms with Crippen molar-refractivity contribution in [1.29, 1.82) is 0 Å². The summed E-state index contributed by atoms with van der Waals surface area (Å²) >= 11 is 0. The molecule has 0 spiro atoms. The Bertz CT molecular complexity index is 813. The first-order valence-corrected chi connectivity index (χ1v) is 9.61. The Hall–Kier alpha value is -2.63. The average Bonchev–Trinajstić information content (AvgIpc) is 3.51. The Morgan fingerprint density at radius 1 is 1.18 bits per heavy atom. The maximum atomic E-state index is 14.5. The second kappa shape index (κ2) is 9.04. The zero-order valence-electron chi connectivity index (χ0n) is 16.2. The van der Waals surface area contributed by atoms with Crippen molar-refractivity contribution >= 4 is 11.7 Å². The number of esters is 1. The van der Waals surface area contributed by atoms with Crippen LogP contribution in [0.25, 0.3) is 11.1 Å². The molecule has 2 aromatic carbocycles. The molecule has 0 saturated heterocycles. The number of anilines is 1. The van der Waals surface area contributed by atoms with Gasteiger partial charge in [-0.05, 0) is 49.9 Å². The lowest BCUT2D eigenvalue weighted by atomic mass is 10.0. The first kappa shape index (κ1) is 20.1. The summed E-state index contributed by atoms with van der Waals surface area (Å²) in [6.45, 7) is 2.07. The molecule has 4 nitrogen and oxygen atoms in total. The third-order valence-electron chi connectivity index (χ3n) is 4.76. The molecule has 0 amide bonds. The van der Waals surface area contributed by atoms with E-state index in [1.165, 1.54) is 12.1 Å². The molecule has 1 aliphatic carbocycles. The Labute approximate surface area is 164 Å². The number of ether oxygens (including phenoxy) is 2. The smallest absolute Gasteiger partial charge is 0.305 e. The van der Waals surface area contributed by atoms with Crippen LogP contribution in [0.2, 0.25) is 0 Å². The molecule has 2 aromatic rings. The van der Waals surface area contributed by atoms with E-state index in [0.717, 1.165) is 24.1 Å². The second-order valence-corrected chi connectivity index (χ2v) is 6.89. The van der Waals surface area contributed by atoms with Gasteiger partial charge in [-0.15, -0.1) is 0 Å². The van der Waals surface area contributed by atoms with Crippen molar-refractivity contribution in [3.8, 4) is 16.9 Å². The lowest BCUT2D eigenvalue weighted by molar-refractivity contribution is -0.143. The molecule has 150 valence electrons. The molecule has 28 heavy (non-hydrogen) atoms. The van der Waals surface area contributed by atoms with E-state index >= 15 is 0 Å². The summed E-state index contributed by atoms with van der Waals surface area (Å²) in [7, 11) is 2.00. The highest BCUT2D eigenvalue weighted by atomic mass is 19.1. The summed E-state index contributed by atoms with van der Waals surface area (Å²) in [5, 5.41) is 0. The predicted molar refractivity (Wildman–Crippen MR) is 105 cm³/mol. The summed E-state index contributed by atoms with van der Waals surface area (Å²) in [5.74, 6) is -2.27. The summed E-state index contributed by atoms with van der Waals surface area (Å²) in [4.78, 5) is 13.5. The summed E-state index contributed by atoms with van der Waals surface area (Å²) in [6, 6.07) is 10.7. The number of rotatable bonds is 9. The van der Waals surface area contributed by atoms with E-state index in [4.69, 9.17) is 9.47 Å². The Balaban J connectivity index is 1.73. The van der Waals surface area contributed by atoms with Crippen molar-refractivity contribution in [2.75, 3.05) is 25.2 Å². The maximum Gasteiger partial charge on any atom is 0.305 e. The Morgan fingerprint density at radius 2 is 1.86 bits per heavy atom. The molecule has 0 heterocycles. The Kier molecular flexibility index (Phi) is 6.49. The van der Waals surface area contributed by atoms with Gasteiger partial charge >= 0.3 is 5.97 Å². The minimum atomic E-state index is -0.755. The van der Waals surface area contributed by atoms with Gasteiger partial charge in [-0.3, -0.25) is 4.79 Å². The summed E-state index contributed by atoms with van der Waals surface area (Å²) in [6.07, 6.45) is 2.74. The minimum absolute atomic E-state index is 0.0347. The molecular weight excluding hydrogens is 364 g/mol. The molecule has 3 rings (SSSR count). The van der Waals surface area contributed by atoms with Gasteiger partial charge < -0.3 is 14.4 Å². The highest BCUT2D eigenvalue weighted by molar-refractivity contribution is 5.79. The van der Waals surface area contributed by atoms with Crippen molar-refractivity contribution in [2.45, 2.75) is 38.6 Å². The van der Waals surface area contributed by atoms with Crippen LogP contribution in [0, 0.1) is 11.6 Å². The van der Waals surface area contributed by atoms with Crippen LogP contribution < -0.4 is 9.64 Å². The molecule has 1 fully saturated rings. The summed E-state index contributed by atoms with van der Waals surface area (Å²) in [5.41, 5.74) is 2.20. The van der Waals surface area contributed by atoms with Crippen LogP contribution in [0.15, 0.2) is 36.4 Å². The van der Waals surface area contributed by atoms with Gasteiger partial charge in [0.1, 0.15) is 0 Å². The quantitative estimate of drug-likeness (QED) is 0.449. The molecule has 0 aromatic heterocycles. The SMILES string of the molecule is CCOC(=O)CCCOc1c(F)cc(-c2ccccc2N(C)C2CC2)cc1F. The number of hydrogen-bond donors (Lipinski definition) is 0. The van der Waals surface area contributed by atoms with Crippen LogP contribution in [0.5, 0.6) is 5.75 Å². The van der Waals surface area contributed by atoms with Gasteiger partial charge in [0.25, 0.3) is 0 Å². The third-order valence-corrected chi connectivity index (χ3v) is 4.76. The number of halogens is 2. The van der Waals surface area contributed by atoms with E-state index in [0.29, 0.717) is 24.6 Å². The third kappa shape index (κ3) is 4.80.